The van der Waals surface area contributed by atoms with Gasteiger partial charge in [0.15, 0.2) is 0 Å². The van der Waals surface area contributed by atoms with E-state index < -0.39 is 0 Å². The number of hydrogen-bond acceptors (Lipinski definition) is 3. The molecule has 4 nitrogen and oxygen atoms in total. The van der Waals surface area contributed by atoms with E-state index in [1.165, 1.54) is 0 Å². The molecule has 2 saturated heterocycles. The number of nitrogens with zero attached hydrogens (tertiary/aromatic N) is 1. The fraction of sp³-hybridized carbons (Fsp3) is 0.875. The molecule has 0 spiro atoms. The Morgan fingerprint density at radius 2 is 2.33 bits per heavy atom. The van der Waals surface area contributed by atoms with Gasteiger partial charge < -0.3 is 14.4 Å². The molecule has 0 aromatic rings. The van der Waals surface area contributed by atoms with Crippen molar-refractivity contribution < 1.29 is 14.3 Å². The van der Waals surface area contributed by atoms with Crippen LogP contribution in [-0.2, 0) is 9.47 Å². The highest BCUT2D eigenvalue weighted by atomic mass is 16.6. The number of likely N-dealkylation sites (N-methyl/N-ethyl adjacent to an activating group) is 1. The Bertz CT molecular complexity index is 206. The van der Waals surface area contributed by atoms with E-state index in [1.54, 1.807) is 11.9 Å². The van der Waals surface area contributed by atoms with Crippen molar-refractivity contribution in [2.45, 2.75) is 31.6 Å². The normalized spacial score (nSPS) is 41.0. The van der Waals surface area contributed by atoms with Crippen molar-refractivity contribution in [2.75, 3.05) is 13.7 Å². The highest BCUT2D eigenvalue weighted by Gasteiger charge is 2.44. The topological polar surface area (TPSA) is 38.8 Å². The van der Waals surface area contributed by atoms with Crippen LogP contribution in [0.15, 0.2) is 0 Å². The summed E-state index contributed by atoms with van der Waals surface area (Å²) in [6.45, 7) is 2.67. The molecule has 2 aliphatic rings. The van der Waals surface area contributed by atoms with Crippen molar-refractivity contribution in [1.29, 1.82) is 0 Å². The number of carbonyl (C=O) groups is 1. The molecule has 68 valence electrons. The molecule has 0 N–H and O–H groups in total. The summed E-state index contributed by atoms with van der Waals surface area (Å²) in [7, 11) is 1.78. The first-order valence-corrected chi connectivity index (χ1v) is 4.25. The van der Waals surface area contributed by atoms with Crippen LogP contribution in [0.25, 0.3) is 0 Å². The highest BCUT2D eigenvalue weighted by Crippen LogP contribution is 2.27. The molecule has 0 aromatic carbocycles. The molecule has 4 heteroatoms. The number of amides is 1. The molecule has 2 rings (SSSR count). The maximum atomic E-state index is 11.1. The lowest BCUT2D eigenvalue weighted by Crippen LogP contribution is -2.45. The summed E-state index contributed by atoms with van der Waals surface area (Å²) in [6, 6.07) is 0.223. The third kappa shape index (κ3) is 0.982. The summed E-state index contributed by atoms with van der Waals surface area (Å²) >= 11 is 0. The minimum absolute atomic E-state index is 0.0395. The molecule has 2 heterocycles. The monoisotopic (exact) mass is 171 g/mol. The maximum absolute atomic E-state index is 11.1. The first-order chi connectivity index (χ1) is 5.70. The Morgan fingerprint density at radius 3 is 3.00 bits per heavy atom. The van der Waals surface area contributed by atoms with Gasteiger partial charge in [0.2, 0.25) is 0 Å². The molecular formula is C8H13NO3. The van der Waals surface area contributed by atoms with Crippen LogP contribution in [0.2, 0.25) is 0 Å². The zero-order valence-corrected chi connectivity index (χ0v) is 7.32. The van der Waals surface area contributed by atoms with Gasteiger partial charge in [-0.3, -0.25) is 0 Å². The molecule has 3 atom stereocenters. The fourth-order valence-electron chi connectivity index (χ4n) is 1.87. The Labute approximate surface area is 71.4 Å². The molecule has 2 fully saturated rings. The lowest BCUT2D eigenvalue weighted by molar-refractivity contribution is -0.0630. The first-order valence-electron chi connectivity index (χ1n) is 4.25. The van der Waals surface area contributed by atoms with E-state index in [2.05, 4.69) is 0 Å². The Hall–Kier alpha value is -0.770. The molecule has 1 amide bonds. The van der Waals surface area contributed by atoms with E-state index in [4.69, 9.17) is 9.47 Å². The summed E-state index contributed by atoms with van der Waals surface area (Å²) in [6.07, 6.45) is 0.647. The third-order valence-corrected chi connectivity index (χ3v) is 2.66. The average Bonchev–Trinajstić information content (AvgIpc) is 2.32. The zero-order valence-electron chi connectivity index (χ0n) is 7.32. The molecule has 0 aliphatic carbocycles. The summed E-state index contributed by atoms with van der Waals surface area (Å²) < 4.78 is 10.5. The van der Waals surface area contributed by atoms with E-state index in [0.717, 1.165) is 13.0 Å². The third-order valence-electron chi connectivity index (χ3n) is 2.66. The van der Waals surface area contributed by atoms with Crippen LogP contribution < -0.4 is 0 Å². The lowest BCUT2D eigenvalue weighted by atomic mass is 10.0. The van der Waals surface area contributed by atoms with Crippen molar-refractivity contribution in [3.63, 3.8) is 0 Å². The van der Waals surface area contributed by atoms with E-state index in [-0.39, 0.29) is 24.3 Å². The van der Waals surface area contributed by atoms with Gasteiger partial charge in [0.1, 0.15) is 6.10 Å². The van der Waals surface area contributed by atoms with Gasteiger partial charge in [-0.25, -0.2) is 4.79 Å². The van der Waals surface area contributed by atoms with Crippen LogP contribution in [-0.4, -0.2) is 42.9 Å². The zero-order chi connectivity index (χ0) is 8.72. The highest BCUT2D eigenvalue weighted by molar-refractivity contribution is 5.70. The van der Waals surface area contributed by atoms with Crippen molar-refractivity contribution in [3.05, 3.63) is 0 Å². The number of hydrogen-bond donors (Lipinski definition) is 0. The Morgan fingerprint density at radius 1 is 1.58 bits per heavy atom. The molecule has 0 bridgehead atoms. The molecule has 2 aliphatic heterocycles. The number of carbonyl (C=O) groups excluding carboxylic acids is 1. The summed E-state index contributed by atoms with van der Waals surface area (Å²) in [5.41, 5.74) is 0. The number of rotatable bonds is 0. The SMILES string of the molecule is C[C@@H]1OCCC2C1OC(=O)N2C. The van der Waals surface area contributed by atoms with Crippen LogP contribution in [0.4, 0.5) is 4.79 Å². The second-order valence-electron chi connectivity index (χ2n) is 3.39. The first kappa shape index (κ1) is 7.86. The fourth-order valence-corrected chi connectivity index (χ4v) is 1.87. The summed E-state index contributed by atoms with van der Waals surface area (Å²) in [4.78, 5) is 12.8. The van der Waals surface area contributed by atoms with Crippen molar-refractivity contribution >= 4 is 6.09 Å². The van der Waals surface area contributed by atoms with Crippen LogP contribution in [0, 0.1) is 0 Å². The van der Waals surface area contributed by atoms with E-state index in [1.807, 2.05) is 6.92 Å². The van der Waals surface area contributed by atoms with E-state index in [0.29, 0.717) is 0 Å². The predicted molar refractivity (Wildman–Crippen MR) is 41.9 cm³/mol. The van der Waals surface area contributed by atoms with Gasteiger partial charge in [-0.05, 0) is 13.3 Å². The smallest absolute Gasteiger partial charge is 0.410 e. The summed E-state index contributed by atoms with van der Waals surface area (Å²) in [5.74, 6) is 0. The maximum Gasteiger partial charge on any atom is 0.410 e. The van der Waals surface area contributed by atoms with Crippen molar-refractivity contribution in [2.24, 2.45) is 0 Å². The van der Waals surface area contributed by atoms with Gasteiger partial charge in [-0.1, -0.05) is 0 Å². The molecule has 12 heavy (non-hydrogen) atoms. The minimum atomic E-state index is -0.220. The molecule has 0 saturated carbocycles. The largest absolute Gasteiger partial charge is 0.441 e. The van der Waals surface area contributed by atoms with Gasteiger partial charge in [0, 0.05) is 13.7 Å². The number of fused-ring (bicyclic) bond motifs is 1. The van der Waals surface area contributed by atoms with Crippen LogP contribution in [0.3, 0.4) is 0 Å². The minimum Gasteiger partial charge on any atom is -0.441 e. The van der Waals surface area contributed by atoms with E-state index in [9.17, 15) is 4.79 Å². The van der Waals surface area contributed by atoms with Gasteiger partial charge in [0.25, 0.3) is 0 Å². The van der Waals surface area contributed by atoms with Gasteiger partial charge >= 0.3 is 6.09 Å². The standard InChI is InChI=1S/C8H13NO3/c1-5-7-6(3-4-11-5)9(2)8(10)12-7/h5-7H,3-4H2,1-2H3/t5-,6?,7?/m0/s1. The van der Waals surface area contributed by atoms with Crippen molar-refractivity contribution in [1.82, 2.24) is 4.90 Å². The van der Waals surface area contributed by atoms with E-state index >= 15 is 0 Å². The Kier molecular flexibility index (Phi) is 1.72. The van der Waals surface area contributed by atoms with Crippen molar-refractivity contribution in [3.8, 4) is 0 Å². The molecule has 0 aromatic heterocycles. The summed E-state index contributed by atoms with van der Waals surface area (Å²) in [5, 5.41) is 0. The van der Waals surface area contributed by atoms with Crippen LogP contribution >= 0.6 is 0 Å². The van der Waals surface area contributed by atoms with Crippen LogP contribution in [0.1, 0.15) is 13.3 Å². The molecular weight excluding hydrogens is 158 g/mol. The van der Waals surface area contributed by atoms with Gasteiger partial charge in [-0.2, -0.15) is 0 Å². The van der Waals surface area contributed by atoms with Gasteiger partial charge in [-0.15, -0.1) is 0 Å². The van der Waals surface area contributed by atoms with Crippen LogP contribution in [0.5, 0.6) is 0 Å². The Balaban J connectivity index is 2.16. The molecule has 2 unspecified atom stereocenters. The second-order valence-corrected chi connectivity index (χ2v) is 3.39. The second kappa shape index (κ2) is 2.62. The molecule has 0 radical (unpaired) electrons. The quantitative estimate of drug-likeness (QED) is 0.536. The lowest BCUT2D eigenvalue weighted by Gasteiger charge is -2.30. The average molecular weight is 171 g/mol. The number of ether oxygens (including phenoxy) is 2. The van der Waals surface area contributed by atoms with Gasteiger partial charge in [0.05, 0.1) is 12.1 Å². The predicted octanol–water partition coefficient (Wildman–Crippen LogP) is 0.614.